The van der Waals surface area contributed by atoms with Crippen molar-refractivity contribution in [1.82, 2.24) is 9.88 Å². The average molecular weight is 331 g/mol. The van der Waals surface area contributed by atoms with E-state index in [9.17, 15) is 14.9 Å². The van der Waals surface area contributed by atoms with Crippen molar-refractivity contribution in [3.05, 3.63) is 40.1 Å². The third kappa shape index (κ3) is 2.53. The van der Waals surface area contributed by atoms with Crippen LogP contribution in [0.15, 0.2) is 24.3 Å². The molecule has 3 heterocycles. The van der Waals surface area contributed by atoms with Gasteiger partial charge in [-0.25, -0.2) is 0 Å². The number of hydrogen-bond donors (Lipinski definition) is 1. The second-order valence-electron chi connectivity index (χ2n) is 6.11. The van der Waals surface area contributed by atoms with Crippen molar-refractivity contribution in [3.63, 3.8) is 0 Å². The maximum absolute atomic E-state index is 12.7. The second-order valence-corrected chi connectivity index (χ2v) is 6.11. The van der Waals surface area contributed by atoms with Gasteiger partial charge >= 0.3 is 0 Å². The number of rotatable bonds is 2. The van der Waals surface area contributed by atoms with Crippen LogP contribution in [0, 0.1) is 10.1 Å². The van der Waals surface area contributed by atoms with Crippen LogP contribution in [0.3, 0.4) is 0 Å². The zero-order valence-electron chi connectivity index (χ0n) is 13.0. The van der Waals surface area contributed by atoms with Crippen LogP contribution in [0.1, 0.15) is 23.3 Å². The lowest BCUT2D eigenvalue weighted by Crippen LogP contribution is -2.47. The molecule has 24 heavy (non-hydrogen) atoms. The van der Waals surface area contributed by atoms with Crippen LogP contribution in [0.2, 0.25) is 0 Å². The Morgan fingerprint density at radius 2 is 1.92 bits per heavy atom. The molecule has 1 N–H and O–H groups in total. The Morgan fingerprint density at radius 3 is 2.58 bits per heavy atom. The maximum Gasteiger partial charge on any atom is 0.270 e. The standard InChI is InChI=1S/C16H17N3O5/c20-15(18-5-3-16(4-6-18)23-7-8-24-16)14-10-11-9-12(19(21)22)1-2-13(11)17-14/h1-2,9-10,17H,3-8H2. The molecule has 0 radical (unpaired) electrons. The van der Waals surface area contributed by atoms with E-state index >= 15 is 0 Å². The number of carbonyl (C=O) groups is 1. The summed E-state index contributed by atoms with van der Waals surface area (Å²) in [6.45, 7) is 2.34. The summed E-state index contributed by atoms with van der Waals surface area (Å²) in [5, 5.41) is 11.5. The lowest BCUT2D eigenvalue weighted by atomic mass is 10.0. The maximum atomic E-state index is 12.7. The molecule has 0 bridgehead atoms. The largest absolute Gasteiger partial charge is 0.351 e. The van der Waals surface area contributed by atoms with E-state index in [0.717, 1.165) is 0 Å². The Balaban J connectivity index is 1.52. The summed E-state index contributed by atoms with van der Waals surface area (Å²) in [6.07, 6.45) is 1.31. The number of nitrogens with one attached hydrogen (secondary N) is 1. The monoisotopic (exact) mass is 331 g/mol. The highest BCUT2D eigenvalue weighted by Crippen LogP contribution is 2.32. The first-order chi connectivity index (χ1) is 11.6. The lowest BCUT2D eigenvalue weighted by Gasteiger charge is -2.37. The van der Waals surface area contributed by atoms with Gasteiger partial charge in [0.2, 0.25) is 0 Å². The fourth-order valence-electron chi connectivity index (χ4n) is 3.36. The SMILES string of the molecule is O=C(c1cc2cc([N+](=O)[O-])ccc2[nH]1)N1CCC2(CC1)OCCO2. The highest BCUT2D eigenvalue weighted by atomic mass is 16.7. The number of benzene rings is 1. The topological polar surface area (TPSA) is 97.7 Å². The van der Waals surface area contributed by atoms with Gasteiger partial charge in [0.05, 0.1) is 18.1 Å². The summed E-state index contributed by atoms with van der Waals surface area (Å²) in [4.78, 5) is 27.9. The molecule has 4 rings (SSSR count). The van der Waals surface area contributed by atoms with Crippen LogP contribution >= 0.6 is 0 Å². The summed E-state index contributed by atoms with van der Waals surface area (Å²) in [7, 11) is 0. The van der Waals surface area contributed by atoms with Crippen LogP contribution in [0.5, 0.6) is 0 Å². The normalized spacial score (nSPS) is 19.9. The van der Waals surface area contributed by atoms with Crippen molar-refractivity contribution in [2.75, 3.05) is 26.3 Å². The molecular weight excluding hydrogens is 314 g/mol. The Morgan fingerprint density at radius 1 is 1.21 bits per heavy atom. The molecule has 0 unspecified atom stereocenters. The van der Waals surface area contributed by atoms with Gasteiger partial charge in [0, 0.05) is 49.0 Å². The van der Waals surface area contributed by atoms with E-state index in [1.54, 1.807) is 17.0 Å². The number of carbonyl (C=O) groups excluding carboxylic acids is 1. The first-order valence-corrected chi connectivity index (χ1v) is 7.91. The summed E-state index contributed by atoms with van der Waals surface area (Å²) in [5.41, 5.74) is 1.16. The summed E-state index contributed by atoms with van der Waals surface area (Å²) < 4.78 is 11.3. The zero-order valence-corrected chi connectivity index (χ0v) is 13.0. The highest BCUT2D eigenvalue weighted by molar-refractivity contribution is 5.98. The number of non-ortho nitro benzene ring substituents is 1. The minimum absolute atomic E-state index is 0.0101. The number of amides is 1. The average Bonchev–Trinajstić information content (AvgIpc) is 3.21. The van der Waals surface area contributed by atoms with Gasteiger partial charge in [-0.2, -0.15) is 0 Å². The van der Waals surface area contributed by atoms with Crippen molar-refractivity contribution in [1.29, 1.82) is 0 Å². The molecule has 2 aliphatic heterocycles. The predicted molar refractivity (Wildman–Crippen MR) is 84.7 cm³/mol. The molecule has 126 valence electrons. The van der Waals surface area contributed by atoms with E-state index in [1.807, 2.05) is 0 Å². The number of aromatic amines is 1. The molecule has 0 aliphatic carbocycles. The van der Waals surface area contributed by atoms with Gasteiger partial charge in [0.15, 0.2) is 5.79 Å². The molecule has 1 spiro atoms. The van der Waals surface area contributed by atoms with E-state index in [2.05, 4.69) is 4.98 Å². The number of hydrogen-bond acceptors (Lipinski definition) is 5. The molecule has 0 atom stereocenters. The van der Waals surface area contributed by atoms with Crippen molar-refractivity contribution >= 4 is 22.5 Å². The van der Waals surface area contributed by atoms with E-state index in [0.29, 0.717) is 55.7 Å². The summed E-state index contributed by atoms with van der Waals surface area (Å²) in [6, 6.07) is 6.17. The number of nitro groups is 1. The van der Waals surface area contributed by atoms with Gasteiger partial charge in [-0.1, -0.05) is 0 Å². The van der Waals surface area contributed by atoms with Crippen LogP contribution in [0.4, 0.5) is 5.69 Å². The van der Waals surface area contributed by atoms with Gasteiger partial charge in [-0.15, -0.1) is 0 Å². The number of nitro benzene ring substituents is 1. The van der Waals surface area contributed by atoms with E-state index in [1.165, 1.54) is 12.1 Å². The number of H-pyrrole nitrogens is 1. The van der Waals surface area contributed by atoms with Crippen LogP contribution in [-0.2, 0) is 9.47 Å². The Hall–Kier alpha value is -2.45. The Bertz CT molecular complexity index is 799. The van der Waals surface area contributed by atoms with E-state index in [-0.39, 0.29) is 11.6 Å². The number of nitrogens with zero attached hydrogens (tertiary/aromatic N) is 2. The van der Waals surface area contributed by atoms with E-state index < -0.39 is 10.7 Å². The smallest absolute Gasteiger partial charge is 0.270 e. The molecule has 1 aromatic carbocycles. The molecule has 2 saturated heterocycles. The molecule has 2 aromatic rings. The second kappa shape index (κ2) is 5.57. The molecular formula is C16H17N3O5. The minimum atomic E-state index is -0.516. The predicted octanol–water partition coefficient (Wildman–Crippen LogP) is 2.06. The molecule has 2 aliphatic rings. The third-order valence-electron chi connectivity index (χ3n) is 4.67. The Labute approximate surface area is 137 Å². The van der Waals surface area contributed by atoms with Crippen molar-refractivity contribution < 1.29 is 19.2 Å². The first-order valence-electron chi connectivity index (χ1n) is 7.91. The van der Waals surface area contributed by atoms with Crippen LogP contribution < -0.4 is 0 Å². The van der Waals surface area contributed by atoms with Crippen LogP contribution in [-0.4, -0.2) is 52.8 Å². The Kier molecular flexibility index (Phi) is 3.50. The first kappa shape index (κ1) is 15.1. The molecule has 1 amide bonds. The number of aromatic nitrogens is 1. The third-order valence-corrected chi connectivity index (χ3v) is 4.67. The lowest BCUT2D eigenvalue weighted by molar-refractivity contribution is -0.384. The van der Waals surface area contributed by atoms with Crippen LogP contribution in [0.25, 0.3) is 10.9 Å². The summed E-state index contributed by atoms with van der Waals surface area (Å²) in [5.74, 6) is -0.626. The fourth-order valence-corrected chi connectivity index (χ4v) is 3.36. The van der Waals surface area contributed by atoms with Crippen molar-refractivity contribution in [2.45, 2.75) is 18.6 Å². The minimum Gasteiger partial charge on any atom is -0.351 e. The van der Waals surface area contributed by atoms with Gasteiger partial charge in [-0.05, 0) is 12.1 Å². The number of likely N-dealkylation sites (tertiary alicyclic amines) is 1. The number of fused-ring (bicyclic) bond motifs is 1. The quantitative estimate of drug-likeness (QED) is 0.671. The summed E-state index contributed by atoms with van der Waals surface area (Å²) >= 11 is 0. The number of piperidine rings is 1. The van der Waals surface area contributed by atoms with Crippen molar-refractivity contribution in [2.24, 2.45) is 0 Å². The fraction of sp³-hybridized carbons (Fsp3) is 0.438. The van der Waals surface area contributed by atoms with Gasteiger partial charge in [-0.3, -0.25) is 14.9 Å². The van der Waals surface area contributed by atoms with Crippen molar-refractivity contribution in [3.8, 4) is 0 Å². The van der Waals surface area contributed by atoms with Gasteiger partial charge in [0.25, 0.3) is 11.6 Å². The molecule has 0 saturated carbocycles. The zero-order chi connectivity index (χ0) is 16.7. The highest BCUT2D eigenvalue weighted by Gasteiger charge is 2.41. The molecule has 8 heteroatoms. The van der Waals surface area contributed by atoms with Gasteiger partial charge in [0.1, 0.15) is 5.69 Å². The molecule has 2 fully saturated rings. The number of ether oxygens (including phenoxy) is 2. The van der Waals surface area contributed by atoms with E-state index in [4.69, 9.17) is 9.47 Å². The molecule has 1 aromatic heterocycles. The van der Waals surface area contributed by atoms with Gasteiger partial charge < -0.3 is 19.4 Å². The molecule has 8 nitrogen and oxygen atoms in total.